The molecule has 6 heteroatoms. The van der Waals surface area contributed by atoms with Crippen LogP contribution in [0.15, 0.2) is 0 Å². The average Bonchev–Trinajstić information content (AvgIpc) is 3.06. The molecule has 2 fully saturated rings. The van der Waals surface area contributed by atoms with Crippen LogP contribution in [0.1, 0.15) is 26.7 Å². The standard InChI is InChI=1S/C13H22N2O4/c1-13(2,8-4-5-8)14-12(18)15(3)10-7-19-6-9(10)11(16)17/h8-10H,4-7H2,1-3H3,(H,14,18)(H,16,17). The number of urea groups is 1. The third kappa shape index (κ3) is 3.00. The summed E-state index contributed by atoms with van der Waals surface area (Å²) in [4.78, 5) is 24.8. The van der Waals surface area contributed by atoms with Crippen molar-refractivity contribution in [2.45, 2.75) is 38.3 Å². The van der Waals surface area contributed by atoms with Crippen molar-refractivity contribution in [2.75, 3.05) is 20.3 Å². The Morgan fingerprint density at radius 1 is 1.32 bits per heavy atom. The van der Waals surface area contributed by atoms with Crippen molar-refractivity contribution in [1.29, 1.82) is 0 Å². The highest BCUT2D eigenvalue weighted by Gasteiger charge is 2.42. The van der Waals surface area contributed by atoms with Crippen LogP contribution in [0.5, 0.6) is 0 Å². The molecule has 0 aromatic rings. The molecular weight excluding hydrogens is 248 g/mol. The minimum atomic E-state index is -0.913. The summed E-state index contributed by atoms with van der Waals surface area (Å²) in [7, 11) is 1.63. The van der Waals surface area contributed by atoms with Gasteiger partial charge in [0.05, 0.1) is 19.3 Å². The van der Waals surface area contributed by atoms with E-state index < -0.39 is 17.9 Å². The van der Waals surface area contributed by atoms with Crippen LogP contribution < -0.4 is 5.32 Å². The molecule has 0 aromatic heterocycles. The van der Waals surface area contributed by atoms with E-state index in [1.807, 2.05) is 13.8 Å². The van der Waals surface area contributed by atoms with Crippen LogP contribution in [-0.4, -0.2) is 53.8 Å². The van der Waals surface area contributed by atoms with Crippen LogP contribution in [0, 0.1) is 11.8 Å². The van der Waals surface area contributed by atoms with Crippen LogP contribution in [0.4, 0.5) is 4.79 Å². The maximum absolute atomic E-state index is 12.2. The number of nitrogens with one attached hydrogen (secondary N) is 1. The molecule has 2 atom stereocenters. The third-order valence-corrected chi connectivity index (χ3v) is 4.21. The highest BCUT2D eigenvalue weighted by Crippen LogP contribution is 2.39. The summed E-state index contributed by atoms with van der Waals surface area (Å²) in [6, 6.07) is -0.619. The monoisotopic (exact) mass is 270 g/mol. The van der Waals surface area contributed by atoms with Crippen molar-refractivity contribution in [3.8, 4) is 0 Å². The molecule has 2 N–H and O–H groups in total. The number of aliphatic carboxylic acids is 1. The fourth-order valence-electron chi connectivity index (χ4n) is 2.58. The van der Waals surface area contributed by atoms with Gasteiger partial charge >= 0.3 is 12.0 Å². The summed E-state index contributed by atoms with van der Waals surface area (Å²) >= 11 is 0. The van der Waals surface area contributed by atoms with E-state index in [0.717, 1.165) is 12.8 Å². The van der Waals surface area contributed by atoms with E-state index >= 15 is 0 Å². The highest BCUT2D eigenvalue weighted by atomic mass is 16.5. The molecule has 1 heterocycles. The topological polar surface area (TPSA) is 78.9 Å². The predicted octanol–water partition coefficient (Wildman–Crippen LogP) is 0.916. The number of carboxylic acids is 1. The second-order valence-electron chi connectivity index (χ2n) is 6.09. The molecular formula is C13H22N2O4. The minimum Gasteiger partial charge on any atom is -0.481 e. The van der Waals surface area contributed by atoms with E-state index in [4.69, 9.17) is 9.84 Å². The number of hydrogen-bond donors (Lipinski definition) is 2. The van der Waals surface area contributed by atoms with Gasteiger partial charge in [-0.25, -0.2) is 4.79 Å². The van der Waals surface area contributed by atoms with Gasteiger partial charge in [0.2, 0.25) is 0 Å². The molecule has 2 amide bonds. The summed E-state index contributed by atoms with van der Waals surface area (Å²) in [5, 5.41) is 12.1. The molecule has 2 unspecified atom stereocenters. The molecule has 0 spiro atoms. The van der Waals surface area contributed by atoms with Crippen molar-refractivity contribution >= 4 is 12.0 Å². The quantitative estimate of drug-likeness (QED) is 0.796. The van der Waals surface area contributed by atoms with Crippen LogP contribution in [0.3, 0.4) is 0 Å². The van der Waals surface area contributed by atoms with Crippen LogP contribution in [0.25, 0.3) is 0 Å². The first-order chi connectivity index (χ1) is 8.83. The average molecular weight is 270 g/mol. The fraction of sp³-hybridized carbons (Fsp3) is 0.846. The number of carbonyl (C=O) groups excluding carboxylic acids is 1. The molecule has 2 rings (SSSR count). The Balaban J connectivity index is 1.96. The highest BCUT2D eigenvalue weighted by molar-refractivity contribution is 5.77. The summed E-state index contributed by atoms with van der Waals surface area (Å²) in [5.41, 5.74) is -0.233. The zero-order chi connectivity index (χ0) is 14.2. The normalized spacial score (nSPS) is 27.1. The largest absolute Gasteiger partial charge is 0.481 e. The molecule has 2 aliphatic rings. The lowest BCUT2D eigenvalue weighted by Gasteiger charge is -2.32. The SMILES string of the molecule is CN(C(=O)NC(C)(C)C1CC1)C1COCC1C(=O)O. The van der Waals surface area contributed by atoms with Gasteiger partial charge in [0, 0.05) is 12.6 Å². The molecule has 1 aliphatic heterocycles. The predicted molar refractivity (Wildman–Crippen MR) is 68.8 cm³/mol. The lowest BCUT2D eigenvalue weighted by atomic mass is 9.99. The lowest BCUT2D eigenvalue weighted by molar-refractivity contribution is -0.142. The van der Waals surface area contributed by atoms with E-state index in [0.29, 0.717) is 5.92 Å². The maximum Gasteiger partial charge on any atom is 0.317 e. The Morgan fingerprint density at radius 2 is 1.95 bits per heavy atom. The number of nitrogens with zero attached hydrogens (tertiary/aromatic N) is 1. The number of ether oxygens (including phenoxy) is 1. The van der Waals surface area contributed by atoms with Crippen molar-refractivity contribution < 1.29 is 19.4 Å². The van der Waals surface area contributed by atoms with E-state index in [-0.39, 0.29) is 24.8 Å². The van der Waals surface area contributed by atoms with Crippen molar-refractivity contribution in [2.24, 2.45) is 11.8 Å². The van der Waals surface area contributed by atoms with Gasteiger partial charge in [-0.1, -0.05) is 0 Å². The number of rotatable bonds is 4. The molecule has 1 saturated carbocycles. The Labute approximate surface area is 113 Å². The van der Waals surface area contributed by atoms with Crippen molar-refractivity contribution in [1.82, 2.24) is 10.2 Å². The van der Waals surface area contributed by atoms with Crippen molar-refractivity contribution in [3.05, 3.63) is 0 Å². The Hall–Kier alpha value is -1.30. The first kappa shape index (κ1) is 14.1. The van der Waals surface area contributed by atoms with Crippen LogP contribution in [0.2, 0.25) is 0 Å². The van der Waals surface area contributed by atoms with E-state index in [1.54, 1.807) is 7.05 Å². The number of likely N-dealkylation sites (N-methyl/N-ethyl adjacent to an activating group) is 1. The number of hydrogen-bond acceptors (Lipinski definition) is 3. The molecule has 1 saturated heterocycles. The first-order valence-electron chi connectivity index (χ1n) is 6.68. The van der Waals surface area contributed by atoms with E-state index in [1.165, 1.54) is 4.90 Å². The molecule has 0 bridgehead atoms. The van der Waals surface area contributed by atoms with Crippen LogP contribution >= 0.6 is 0 Å². The molecule has 19 heavy (non-hydrogen) atoms. The minimum absolute atomic E-state index is 0.170. The summed E-state index contributed by atoms with van der Waals surface area (Å²) in [6.07, 6.45) is 2.28. The van der Waals surface area contributed by atoms with Gasteiger partial charge in [0.25, 0.3) is 0 Å². The summed E-state index contributed by atoms with van der Waals surface area (Å²) in [5.74, 6) is -1.02. The molecule has 0 radical (unpaired) electrons. The van der Waals surface area contributed by atoms with E-state index in [2.05, 4.69) is 5.32 Å². The third-order valence-electron chi connectivity index (χ3n) is 4.21. The Bertz CT molecular complexity index is 379. The van der Waals surface area contributed by atoms with E-state index in [9.17, 15) is 9.59 Å². The summed E-state index contributed by atoms with van der Waals surface area (Å²) in [6.45, 7) is 4.47. The van der Waals surface area contributed by atoms with Crippen molar-refractivity contribution in [3.63, 3.8) is 0 Å². The zero-order valence-electron chi connectivity index (χ0n) is 11.7. The van der Waals surface area contributed by atoms with Gasteiger partial charge in [0.1, 0.15) is 5.92 Å². The maximum atomic E-state index is 12.2. The van der Waals surface area contributed by atoms with Gasteiger partial charge in [-0.05, 0) is 32.6 Å². The lowest BCUT2D eigenvalue weighted by Crippen LogP contribution is -2.54. The molecule has 108 valence electrons. The van der Waals surface area contributed by atoms with Gasteiger partial charge in [0.15, 0.2) is 0 Å². The Morgan fingerprint density at radius 3 is 2.47 bits per heavy atom. The van der Waals surface area contributed by atoms with Crippen LogP contribution in [-0.2, 0) is 9.53 Å². The number of amides is 2. The number of carboxylic acid groups (broad SMARTS) is 1. The van der Waals surface area contributed by atoms with Gasteiger partial charge in [-0.15, -0.1) is 0 Å². The molecule has 1 aliphatic carbocycles. The fourth-order valence-corrected chi connectivity index (χ4v) is 2.58. The van der Waals surface area contributed by atoms with Gasteiger partial charge in [-0.3, -0.25) is 4.79 Å². The second kappa shape index (κ2) is 5.00. The molecule has 0 aromatic carbocycles. The number of carbonyl (C=O) groups is 2. The Kier molecular flexibility index (Phi) is 3.71. The summed E-state index contributed by atoms with van der Waals surface area (Å²) < 4.78 is 5.19. The smallest absolute Gasteiger partial charge is 0.317 e. The second-order valence-corrected chi connectivity index (χ2v) is 6.09. The van der Waals surface area contributed by atoms with Gasteiger partial charge in [-0.2, -0.15) is 0 Å². The zero-order valence-corrected chi connectivity index (χ0v) is 11.7. The molecule has 6 nitrogen and oxygen atoms in total. The van der Waals surface area contributed by atoms with Gasteiger partial charge < -0.3 is 20.1 Å². The first-order valence-corrected chi connectivity index (χ1v) is 6.68.